The fourth-order valence-electron chi connectivity index (χ4n) is 2.41. The van der Waals surface area contributed by atoms with Crippen molar-refractivity contribution in [3.63, 3.8) is 0 Å². The lowest BCUT2D eigenvalue weighted by Gasteiger charge is -2.35. The minimum Gasteiger partial charge on any atom is -0.468 e. The van der Waals surface area contributed by atoms with Crippen LogP contribution < -0.4 is 0 Å². The Labute approximate surface area is 104 Å². The summed E-state index contributed by atoms with van der Waals surface area (Å²) >= 11 is 0. The molecule has 0 bridgehead atoms. The van der Waals surface area contributed by atoms with Crippen LogP contribution in [0.4, 0.5) is 0 Å². The van der Waals surface area contributed by atoms with Crippen LogP contribution in [0, 0.1) is 0 Å². The second kappa shape index (κ2) is 7.67. The Hall–Kier alpha value is -0.610. The van der Waals surface area contributed by atoms with Gasteiger partial charge in [0.15, 0.2) is 0 Å². The van der Waals surface area contributed by atoms with Crippen molar-refractivity contribution >= 4 is 5.97 Å². The highest BCUT2D eigenvalue weighted by atomic mass is 16.5. The number of likely N-dealkylation sites (tertiary alicyclic amines) is 1. The van der Waals surface area contributed by atoms with Gasteiger partial charge in [0.2, 0.25) is 0 Å². The summed E-state index contributed by atoms with van der Waals surface area (Å²) in [5, 5.41) is 0. The van der Waals surface area contributed by atoms with Gasteiger partial charge in [-0.15, -0.1) is 0 Å². The molecular weight excluding hydrogens is 218 g/mol. The second-order valence-corrected chi connectivity index (χ2v) is 4.65. The van der Waals surface area contributed by atoms with Crippen molar-refractivity contribution in [2.24, 2.45) is 0 Å². The predicted octanol–water partition coefficient (Wildman–Crippen LogP) is 1.83. The number of nitrogens with zero attached hydrogens (tertiary/aromatic N) is 1. The lowest BCUT2D eigenvalue weighted by atomic mass is 10.0. The number of methoxy groups -OCH3 is 2. The van der Waals surface area contributed by atoms with Crippen LogP contribution in [0.3, 0.4) is 0 Å². The number of hydrogen-bond acceptors (Lipinski definition) is 4. The Morgan fingerprint density at radius 1 is 1.35 bits per heavy atom. The molecular formula is C13H25NO3. The van der Waals surface area contributed by atoms with E-state index in [1.54, 1.807) is 7.11 Å². The zero-order chi connectivity index (χ0) is 12.7. The monoisotopic (exact) mass is 243 g/mol. The van der Waals surface area contributed by atoms with E-state index in [1.807, 2.05) is 0 Å². The first-order chi connectivity index (χ1) is 8.22. The van der Waals surface area contributed by atoms with Gasteiger partial charge in [0.05, 0.1) is 13.2 Å². The summed E-state index contributed by atoms with van der Waals surface area (Å²) in [4.78, 5) is 14.0. The van der Waals surface area contributed by atoms with Gasteiger partial charge in [0, 0.05) is 20.2 Å². The quantitative estimate of drug-likeness (QED) is 0.667. The summed E-state index contributed by atoms with van der Waals surface area (Å²) in [6.45, 7) is 4.01. The van der Waals surface area contributed by atoms with Crippen molar-refractivity contribution in [1.29, 1.82) is 0 Å². The Bertz CT molecular complexity index is 225. The molecule has 4 nitrogen and oxygen atoms in total. The van der Waals surface area contributed by atoms with E-state index in [4.69, 9.17) is 9.47 Å². The van der Waals surface area contributed by atoms with Crippen molar-refractivity contribution in [1.82, 2.24) is 4.90 Å². The molecule has 1 rings (SSSR count). The highest BCUT2D eigenvalue weighted by Gasteiger charge is 2.29. The zero-order valence-electron chi connectivity index (χ0n) is 11.3. The molecule has 0 aliphatic carbocycles. The largest absolute Gasteiger partial charge is 0.468 e. The first kappa shape index (κ1) is 14.5. The summed E-state index contributed by atoms with van der Waals surface area (Å²) in [5.74, 6) is -0.0886. The van der Waals surface area contributed by atoms with Gasteiger partial charge in [-0.3, -0.25) is 9.69 Å². The van der Waals surface area contributed by atoms with E-state index in [-0.39, 0.29) is 12.0 Å². The third-order valence-electron chi connectivity index (χ3n) is 3.56. The zero-order valence-corrected chi connectivity index (χ0v) is 11.3. The third kappa shape index (κ3) is 4.28. The smallest absolute Gasteiger partial charge is 0.323 e. The molecule has 1 unspecified atom stereocenters. The van der Waals surface area contributed by atoms with E-state index in [2.05, 4.69) is 11.8 Å². The highest BCUT2D eigenvalue weighted by Crippen LogP contribution is 2.19. The number of rotatable bonds is 6. The lowest BCUT2D eigenvalue weighted by molar-refractivity contribution is -0.148. The van der Waals surface area contributed by atoms with Gasteiger partial charge in [-0.05, 0) is 19.3 Å². The molecule has 1 saturated heterocycles. The Morgan fingerprint density at radius 3 is 2.47 bits per heavy atom. The van der Waals surface area contributed by atoms with Gasteiger partial charge < -0.3 is 9.47 Å². The van der Waals surface area contributed by atoms with E-state index < -0.39 is 0 Å². The highest BCUT2D eigenvalue weighted by molar-refractivity contribution is 5.75. The fraction of sp³-hybridized carbons (Fsp3) is 0.923. The minimum atomic E-state index is -0.0886. The molecule has 1 fully saturated rings. The maximum atomic E-state index is 11.8. The molecule has 4 heteroatoms. The van der Waals surface area contributed by atoms with E-state index >= 15 is 0 Å². The minimum absolute atomic E-state index is 0.0576. The number of unbranched alkanes of at least 4 members (excludes halogenated alkanes) is 1. The Morgan fingerprint density at radius 2 is 2.00 bits per heavy atom. The average Bonchev–Trinajstić information content (AvgIpc) is 2.39. The molecule has 0 aromatic rings. The van der Waals surface area contributed by atoms with Gasteiger partial charge >= 0.3 is 5.97 Å². The maximum Gasteiger partial charge on any atom is 0.323 e. The Balaban J connectivity index is 2.49. The van der Waals surface area contributed by atoms with Crippen LogP contribution in [-0.4, -0.2) is 50.3 Å². The molecule has 1 heterocycles. The molecule has 0 N–H and O–H groups in total. The van der Waals surface area contributed by atoms with Crippen LogP contribution in [0.1, 0.15) is 39.0 Å². The van der Waals surface area contributed by atoms with Crippen molar-refractivity contribution in [3.05, 3.63) is 0 Å². The molecule has 1 aliphatic rings. The average molecular weight is 243 g/mol. The molecule has 17 heavy (non-hydrogen) atoms. The number of carbonyl (C=O) groups excluding carboxylic acids is 1. The van der Waals surface area contributed by atoms with E-state index in [9.17, 15) is 4.79 Å². The van der Waals surface area contributed by atoms with Crippen LogP contribution in [-0.2, 0) is 14.3 Å². The van der Waals surface area contributed by atoms with Crippen molar-refractivity contribution in [2.45, 2.75) is 51.2 Å². The summed E-state index contributed by atoms with van der Waals surface area (Å²) in [6.07, 6.45) is 5.47. The fourth-order valence-corrected chi connectivity index (χ4v) is 2.41. The van der Waals surface area contributed by atoms with Crippen molar-refractivity contribution < 1.29 is 14.3 Å². The summed E-state index contributed by atoms with van der Waals surface area (Å²) < 4.78 is 10.2. The molecule has 1 aliphatic heterocycles. The number of piperidine rings is 1. The third-order valence-corrected chi connectivity index (χ3v) is 3.56. The molecule has 0 aromatic heterocycles. The normalized spacial score (nSPS) is 20.2. The molecule has 0 radical (unpaired) electrons. The topological polar surface area (TPSA) is 38.8 Å². The first-order valence-corrected chi connectivity index (χ1v) is 6.57. The van der Waals surface area contributed by atoms with Crippen LogP contribution in [0.25, 0.3) is 0 Å². The molecule has 0 saturated carbocycles. The SMILES string of the molecule is CCCCC(C(=O)OC)N1CCC(OC)CC1. The van der Waals surface area contributed by atoms with Gasteiger partial charge in [-0.2, -0.15) is 0 Å². The number of carbonyl (C=O) groups is 1. The number of esters is 1. The standard InChI is InChI=1S/C13H25NO3/c1-4-5-6-12(13(15)17-3)14-9-7-11(16-2)8-10-14/h11-12H,4-10H2,1-3H3. The van der Waals surface area contributed by atoms with Gasteiger partial charge in [0.25, 0.3) is 0 Å². The van der Waals surface area contributed by atoms with Crippen LogP contribution in [0.2, 0.25) is 0 Å². The van der Waals surface area contributed by atoms with Crippen LogP contribution in [0.5, 0.6) is 0 Å². The molecule has 0 amide bonds. The number of hydrogen-bond donors (Lipinski definition) is 0. The second-order valence-electron chi connectivity index (χ2n) is 4.65. The molecule has 100 valence electrons. The van der Waals surface area contributed by atoms with Crippen molar-refractivity contribution in [3.8, 4) is 0 Å². The summed E-state index contributed by atoms with van der Waals surface area (Å²) in [7, 11) is 3.23. The predicted molar refractivity (Wildman–Crippen MR) is 66.9 cm³/mol. The van der Waals surface area contributed by atoms with Crippen LogP contribution >= 0.6 is 0 Å². The van der Waals surface area contributed by atoms with Gasteiger partial charge in [-0.25, -0.2) is 0 Å². The summed E-state index contributed by atoms with van der Waals surface area (Å²) in [6, 6.07) is -0.0576. The Kier molecular flexibility index (Phi) is 6.52. The molecule has 0 spiro atoms. The molecule has 1 atom stereocenters. The lowest BCUT2D eigenvalue weighted by Crippen LogP contribution is -2.47. The van der Waals surface area contributed by atoms with Gasteiger partial charge in [0.1, 0.15) is 6.04 Å². The summed E-state index contributed by atoms with van der Waals surface area (Å²) in [5.41, 5.74) is 0. The maximum absolute atomic E-state index is 11.8. The van der Waals surface area contributed by atoms with E-state index in [0.29, 0.717) is 6.10 Å². The van der Waals surface area contributed by atoms with E-state index in [0.717, 1.165) is 45.2 Å². The first-order valence-electron chi connectivity index (χ1n) is 6.57. The molecule has 0 aromatic carbocycles. The van der Waals surface area contributed by atoms with Crippen molar-refractivity contribution in [2.75, 3.05) is 27.3 Å². The van der Waals surface area contributed by atoms with Gasteiger partial charge in [-0.1, -0.05) is 19.8 Å². The number of ether oxygens (including phenoxy) is 2. The van der Waals surface area contributed by atoms with Crippen LogP contribution in [0.15, 0.2) is 0 Å². The van der Waals surface area contributed by atoms with E-state index in [1.165, 1.54) is 7.11 Å².